The van der Waals surface area contributed by atoms with E-state index in [2.05, 4.69) is 10.3 Å². The highest BCUT2D eigenvalue weighted by Gasteiger charge is 2.23. The van der Waals surface area contributed by atoms with Crippen molar-refractivity contribution in [2.75, 3.05) is 11.9 Å². The number of amides is 2. The number of rotatable bonds is 8. The number of hydrogen-bond acceptors (Lipinski definition) is 5. The molecule has 5 rings (SSSR count). The van der Waals surface area contributed by atoms with Crippen molar-refractivity contribution in [2.24, 2.45) is 0 Å². The molecule has 0 fully saturated rings. The van der Waals surface area contributed by atoms with Crippen molar-refractivity contribution in [3.8, 4) is 16.9 Å². The van der Waals surface area contributed by atoms with E-state index in [9.17, 15) is 14.0 Å². The Kier molecular flexibility index (Phi) is 6.96. The van der Waals surface area contributed by atoms with Gasteiger partial charge in [0.2, 0.25) is 11.9 Å². The summed E-state index contributed by atoms with van der Waals surface area (Å²) < 4.78 is 21.4. The van der Waals surface area contributed by atoms with Crippen LogP contribution in [0.3, 0.4) is 0 Å². The zero-order chi connectivity index (χ0) is 25.8. The van der Waals surface area contributed by atoms with Gasteiger partial charge in [-0.15, -0.1) is 11.3 Å². The van der Waals surface area contributed by atoms with Crippen LogP contribution < -0.4 is 5.32 Å². The summed E-state index contributed by atoms with van der Waals surface area (Å²) in [6.07, 6.45) is 3.26. The van der Waals surface area contributed by atoms with Gasteiger partial charge in [0, 0.05) is 11.8 Å². The number of carbonyl (C=O) groups is 2. The summed E-state index contributed by atoms with van der Waals surface area (Å²) in [5.41, 5.74) is 2.48. The van der Waals surface area contributed by atoms with Crippen molar-refractivity contribution in [2.45, 2.75) is 13.5 Å². The lowest BCUT2D eigenvalue weighted by Gasteiger charge is -2.20. The molecule has 3 heterocycles. The standard InChI is InChI=1S/C28H23FN4O3S/c1-19-11-12-21(15-23(19)29)33-17-24(20-7-3-2-4-8-20)30-28(33)31-26(34)18-32(16-22-9-5-13-36-22)27(35)25-10-6-14-37-25/h2-15,17H,16,18H2,1H3,(H,30,31,34). The Hall–Kier alpha value is -4.50. The van der Waals surface area contributed by atoms with E-state index in [0.29, 0.717) is 27.6 Å². The highest BCUT2D eigenvalue weighted by atomic mass is 32.1. The van der Waals surface area contributed by atoms with Gasteiger partial charge >= 0.3 is 0 Å². The number of imidazole rings is 1. The van der Waals surface area contributed by atoms with Crippen LogP contribution in [0.1, 0.15) is 21.0 Å². The summed E-state index contributed by atoms with van der Waals surface area (Å²) in [6.45, 7) is 1.58. The van der Waals surface area contributed by atoms with Crippen molar-refractivity contribution in [3.63, 3.8) is 0 Å². The first-order valence-corrected chi connectivity index (χ1v) is 12.4. The first-order chi connectivity index (χ1) is 18.0. The molecule has 1 N–H and O–H groups in total. The van der Waals surface area contributed by atoms with Crippen LogP contribution >= 0.6 is 11.3 Å². The first-order valence-electron chi connectivity index (χ1n) is 11.5. The molecule has 5 aromatic rings. The molecule has 0 saturated carbocycles. The average Bonchev–Trinajstić information content (AvgIpc) is 3.68. The Morgan fingerprint density at radius 2 is 1.92 bits per heavy atom. The Morgan fingerprint density at radius 3 is 2.62 bits per heavy atom. The number of aromatic nitrogens is 2. The van der Waals surface area contributed by atoms with Crippen molar-refractivity contribution in [3.05, 3.63) is 113 Å². The highest BCUT2D eigenvalue weighted by Crippen LogP contribution is 2.25. The molecule has 2 amide bonds. The van der Waals surface area contributed by atoms with Crippen LogP contribution in [0, 0.1) is 12.7 Å². The predicted octanol–water partition coefficient (Wildman–Crippen LogP) is 5.92. The molecule has 0 aliphatic rings. The van der Waals surface area contributed by atoms with Gasteiger partial charge in [0.25, 0.3) is 5.91 Å². The van der Waals surface area contributed by atoms with E-state index in [1.807, 2.05) is 30.3 Å². The molecular weight excluding hydrogens is 491 g/mol. The maximum absolute atomic E-state index is 14.4. The molecule has 37 heavy (non-hydrogen) atoms. The van der Waals surface area contributed by atoms with E-state index < -0.39 is 5.91 Å². The molecule has 0 aliphatic heterocycles. The zero-order valence-corrected chi connectivity index (χ0v) is 20.7. The molecule has 0 atom stereocenters. The van der Waals surface area contributed by atoms with Gasteiger partial charge in [-0.1, -0.05) is 42.5 Å². The molecular formula is C28H23FN4O3S. The fourth-order valence-electron chi connectivity index (χ4n) is 3.83. The van der Waals surface area contributed by atoms with Crippen LogP contribution in [-0.2, 0) is 11.3 Å². The lowest BCUT2D eigenvalue weighted by atomic mass is 10.2. The Morgan fingerprint density at radius 1 is 1.08 bits per heavy atom. The summed E-state index contributed by atoms with van der Waals surface area (Å²) >= 11 is 1.30. The second kappa shape index (κ2) is 10.6. The molecule has 0 radical (unpaired) electrons. The second-order valence-electron chi connectivity index (χ2n) is 8.39. The maximum Gasteiger partial charge on any atom is 0.264 e. The minimum Gasteiger partial charge on any atom is -0.467 e. The van der Waals surface area contributed by atoms with E-state index >= 15 is 0 Å². The third-order valence-electron chi connectivity index (χ3n) is 5.74. The molecule has 2 aromatic carbocycles. The number of furan rings is 1. The van der Waals surface area contributed by atoms with E-state index in [1.165, 1.54) is 28.6 Å². The van der Waals surface area contributed by atoms with Gasteiger partial charge < -0.3 is 9.32 Å². The number of carbonyl (C=O) groups excluding carboxylic acids is 2. The second-order valence-corrected chi connectivity index (χ2v) is 9.33. The fourth-order valence-corrected chi connectivity index (χ4v) is 4.52. The minimum atomic E-state index is -0.449. The Bertz CT molecular complexity index is 1510. The number of nitrogens with one attached hydrogen (secondary N) is 1. The number of aryl methyl sites for hydroxylation is 1. The van der Waals surface area contributed by atoms with Crippen LogP contribution in [0.4, 0.5) is 10.3 Å². The first kappa shape index (κ1) is 24.2. The van der Waals surface area contributed by atoms with E-state index in [0.717, 1.165) is 5.56 Å². The fraction of sp³-hybridized carbons (Fsp3) is 0.107. The van der Waals surface area contributed by atoms with Crippen molar-refractivity contribution in [1.29, 1.82) is 0 Å². The maximum atomic E-state index is 14.4. The summed E-state index contributed by atoms with van der Waals surface area (Å²) in [7, 11) is 0. The third-order valence-corrected chi connectivity index (χ3v) is 6.60. The van der Waals surface area contributed by atoms with Gasteiger partial charge in [-0.2, -0.15) is 0 Å². The van der Waals surface area contributed by atoms with Crippen molar-refractivity contribution < 1.29 is 18.4 Å². The Labute approximate surface area is 216 Å². The zero-order valence-electron chi connectivity index (χ0n) is 19.9. The number of hydrogen-bond donors (Lipinski definition) is 1. The number of anilines is 1. The molecule has 9 heteroatoms. The quantitative estimate of drug-likeness (QED) is 0.279. The number of thiophene rings is 1. The van der Waals surface area contributed by atoms with Crippen LogP contribution in [0.15, 0.2) is 95.1 Å². The molecule has 3 aromatic heterocycles. The normalized spacial score (nSPS) is 10.9. The average molecular weight is 515 g/mol. The third kappa shape index (κ3) is 5.52. The molecule has 186 valence electrons. The largest absolute Gasteiger partial charge is 0.467 e. The Balaban J connectivity index is 1.44. The highest BCUT2D eigenvalue weighted by molar-refractivity contribution is 7.12. The number of benzene rings is 2. The van der Waals surface area contributed by atoms with Gasteiger partial charge in [0.1, 0.15) is 18.1 Å². The summed E-state index contributed by atoms with van der Waals surface area (Å²) in [5.74, 6) is -0.323. The van der Waals surface area contributed by atoms with Crippen LogP contribution in [0.2, 0.25) is 0 Å². The van der Waals surface area contributed by atoms with Gasteiger partial charge in [0.05, 0.1) is 29.1 Å². The smallest absolute Gasteiger partial charge is 0.264 e. The predicted molar refractivity (Wildman–Crippen MR) is 140 cm³/mol. The molecule has 0 bridgehead atoms. The lowest BCUT2D eigenvalue weighted by Crippen LogP contribution is -2.37. The van der Waals surface area contributed by atoms with Crippen molar-refractivity contribution >= 4 is 29.1 Å². The van der Waals surface area contributed by atoms with Crippen LogP contribution in [0.25, 0.3) is 16.9 Å². The SMILES string of the molecule is Cc1ccc(-n2cc(-c3ccccc3)nc2NC(=O)CN(Cc2ccco2)C(=O)c2cccs2)cc1F. The summed E-state index contributed by atoms with van der Waals surface area (Å²) in [4.78, 5) is 32.9. The van der Waals surface area contributed by atoms with Gasteiger partial charge in [-0.3, -0.25) is 19.5 Å². The number of nitrogens with zero attached hydrogens (tertiary/aromatic N) is 3. The lowest BCUT2D eigenvalue weighted by molar-refractivity contribution is -0.117. The molecule has 0 saturated heterocycles. The summed E-state index contributed by atoms with van der Waals surface area (Å²) in [6, 6.07) is 21.3. The van der Waals surface area contributed by atoms with Crippen molar-refractivity contribution in [1.82, 2.24) is 14.5 Å². The van der Waals surface area contributed by atoms with Crippen LogP contribution in [0.5, 0.6) is 0 Å². The van der Waals surface area contributed by atoms with E-state index in [1.54, 1.807) is 59.5 Å². The van der Waals surface area contributed by atoms with E-state index in [4.69, 9.17) is 4.42 Å². The topological polar surface area (TPSA) is 80.4 Å². The monoisotopic (exact) mass is 514 g/mol. The molecule has 0 unspecified atom stereocenters. The van der Waals surface area contributed by atoms with Gasteiger partial charge in [0.15, 0.2) is 0 Å². The number of halogens is 1. The van der Waals surface area contributed by atoms with Gasteiger partial charge in [-0.25, -0.2) is 9.37 Å². The molecule has 0 spiro atoms. The molecule has 0 aliphatic carbocycles. The molecule has 7 nitrogen and oxygen atoms in total. The van der Waals surface area contributed by atoms with E-state index in [-0.39, 0.29) is 30.8 Å². The van der Waals surface area contributed by atoms with Gasteiger partial charge in [-0.05, 0) is 48.2 Å². The summed E-state index contributed by atoms with van der Waals surface area (Å²) in [5, 5.41) is 4.62. The van der Waals surface area contributed by atoms with Crippen LogP contribution in [-0.4, -0.2) is 32.8 Å². The minimum absolute atomic E-state index is 0.129.